The van der Waals surface area contributed by atoms with Gasteiger partial charge in [-0.2, -0.15) is 0 Å². The van der Waals surface area contributed by atoms with Crippen molar-refractivity contribution in [3.05, 3.63) is 29.3 Å². The predicted molar refractivity (Wildman–Crippen MR) is 85.4 cm³/mol. The first-order valence-electron chi connectivity index (χ1n) is 7.56. The molecule has 0 saturated heterocycles. The second kappa shape index (κ2) is 7.60. The number of hydrogen-bond acceptors (Lipinski definition) is 1. The zero-order valence-corrected chi connectivity index (χ0v) is 13.2. The van der Waals surface area contributed by atoms with Crippen LogP contribution in [0.15, 0.2) is 18.2 Å². The summed E-state index contributed by atoms with van der Waals surface area (Å²) in [5.41, 5.74) is 2.16. The van der Waals surface area contributed by atoms with Crippen LogP contribution in [0.5, 0.6) is 5.75 Å². The molecule has 0 amide bonds. The van der Waals surface area contributed by atoms with E-state index in [-0.39, 0.29) is 0 Å². The smallest absolute Gasteiger partial charge is 0.122 e. The Labute approximate surface area is 127 Å². The van der Waals surface area contributed by atoms with E-state index in [4.69, 9.17) is 16.3 Å². The molecule has 0 heterocycles. The lowest BCUT2D eigenvalue weighted by atomic mass is 9.84. The number of hydrogen-bond donors (Lipinski definition) is 0. The number of halogens is 1. The molecule has 2 rings (SSSR count). The molecule has 1 aromatic carbocycles. The van der Waals surface area contributed by atoms with Gasteiger partial charge in [0, 0.05) is 5.56 Å². The van der Waals surface area contributed by atoms with Crippen molar-refractivity contribution in [2.45, 2.75) is 52.1 Å². The summed E-state index contributed by atoms with van der Waals surface area (Å²) in [6.07, 6.45) is 6.73. The molecule has 1 aromatic rings. The molecular weight excluding hydrogens is 268 g/mol. The van der Waals surface area contributed by atoms with E-state index < -0.39 is 0 Å². The molecule has 1 fully saturated rings. The summed E-state index contributed by atoms with van der Waals surface area (Å²) in [4.78, 5) is 0. The van der Waals surface area contributed by atoms with Crippen LogP contribution in [0.25, 0.3) is 0 Å². The zero-order valence-electron chi connectivity index (χ0n) is 12.4. The number of ether oxygens (including phenoxy) is 1. The van der Waals surface area contributed by atoms with Crippen LogP contribution in [0.3, 0.4) is 0 Å². The van der Waals surface area contributed by atoms with Gasteiger partial charge in [0.05, 0.1) is 5.88 Å². The largest absolute Gasteiger partial charge is 0.490 e. The van der Waals surface area contributed by atoms with E-state index in [2.05, 4.69) is 37.8 Å². The van der Waals surface area contributed by atoms with Gasteiger partial charge in [-0.05, 0) is 62.3 Å². The Morgan fingerprint density at radius 3 is 2.80 bits per heavy atom. The van der Waals surface area contributed by atoms with Crippen molar-refractivity contribution in [3.8, 4) is 17.6 Å². The van der Waals surface area contributed by atoms with Gasteiger partial charge < -0.3 is 4.74 Å². The van der Waals surface area contributed by atoms with Crippen molar-refractivity contribution in [1.29, 1.82) is 0 Å². The molecule has 0 N–H and O–H groups in total. The second-order valence-corrected chi connectivity index (χ2v) is 5.79. The fourth-order valence-electron chi connectivity index (χ4n) is 2.95. The normalized spacial score (nSPS) is 21.9. The van der Waals surface area contributed by atoms with Crippen LogP contribution in [0.2, 0.25) is 0 Å². The molecule has 2 heteroatoms. The van der Waals surface area contributed by atoms with Crippen molar-refractivity contribution in [3.63, 3.8) is 0 Å². The molecule has 2 atom stereocenters. The van der Waals surface area contributed by atoms with Gasteiger partial charge in [0.15, 0.2) is 0 Å². The third kappa shape index (κ3) is 3.93. The van der Waals surface area contributed by atoms with E-state index in [1.165, 1.54) is 32.1 Å². The van der Waals surface area contributed by atoms with Crippen molar-refractivity contribution in [2.24, 2.45) is 5.92 Å². The maximum atomic E-state index is 6.27. The van der Waals surface area contributed by atoms with Crippen LogP contribution >= 0.6 is 11.6 Å². The zero-order chi connectivity index (χ0) is 14.4. The van der Waals surface area contributed by atoms with Gasteiger partial charge in [0.25, 0.3) is 0 Å². The Balaban J connectivity index is 2.09. The Kier molecular flexibility index (Phi) is 5.80. The minimum Gasteiger partial charge on any atom is -0.490 e. The molecule has 1 nitrogen and oxygen atoms in total. The monoisotopic (exact) mass is 290 g/mol. The Bertz CT molecular complexity index is 498. The van der Waals surface area contributed by atoms with E-state index in [1.54, 1.807) is 0 Å². The quantitative estimate of drug-likeness (QED) is 0.566. The summed E-state index contributed by atoms with van der Waals surface area (Å²) in [5, 5.41) is 0. The van der Waals surface area contributed by atoms with Gasteiger partial charge in [0.1, 0.15) is 11.9 Å². The highest BCUT2D eigenvalue weighted by molar-refractivity contribution is 6.19. The highest BCUT2D eigenvalue weighted by Crippen LogP contribution is 2.31. The molecule has 0 radical (unpaired) electrons. The summed E-state index contributed by atoms with van der Waals surface area (Å²) in [6.45, 7) is 4.36. The molecule has 0 aliphatic heterocycles. The fraction of sp³-hybridized carbons (Fsp3) is 0.556. The highest BCUT2D eigenvalue weighted by Gasteiger charge is 2.25. The van der Waals surface area contributed by atoms with E-state index in [0.717, 1.165) is 16.9 Å². The van der Waals surface area contributed by atoms with Crippen molar-refractivity contribution in [1.82, 2.24) is 0 Å². The van der Waals surface area contributed by atoms with Gasteiger partial charge in [-0.1, -0.05) is 25.2 Å². The van der Waals surface area contributed by atoms with Gasteiger partial charge in [-0.3, -0.25) is 0 Å². The molecule has 0 bridgehead atoms. The van der Waals surface area contributed by atoms with Crippen LogP contribution in [0.4, 0.5) is 0 Å². The van der Waals surface area contributed by atoms with Crippen LogP contribution < -0.4 is 4.74 Å². The summed E-state index contributed by atoms with van der Waals surface area (Å²) >= 11 is 5.59. The maximum Gasteiger partial charge on any atom is 0.122 e. The third-order valence-electron chi connectivity index (χ3n) is 4.12. The standard InChI is InChI=1S/C18H23ClO/c1-3-16-8-4-5-9-18(16)20-17-11-10-15(7-6-12-19)13-14(17)2/h10-11,13,16,18H,3-5,8-9,12H2,1-2H3. The predicted octanol–water partition coefficient (Wildman–Crippen LogP) is 4.93. The average molecular weight is 291 g/mol. The van der Waals surface area contributed by atoms with E-state index in [9.17, 15) is 0 Å². The maximum absolute atomic E-state index is 6.27. The van der Waals surface area contributed by atoms with Crippen LogP contribution in [0.1, 0.15) is 50.2 Å². The number of benzene rings is 1. The van der Waals surface area contributed by atoms with Gasteiger partial charge in [0.2, 0.25) is 0 Å². The molecule has 0 aromatic heterocycles. The van der Waals surface area contributed by atoms with Crippen LogP contribution in [-0.2, 0) is 0 Å². The SMILES string of the molecule is CCC1CCCCC1Oc1ccc(C#CCCl)cc1C. The lowest BCUT2D eigenvalue weighted by Gasteiger charge is -2.31. The van der Waals surface area contributed by atoms with Gasteiger partial charge in [-0.15, -0.1) is 11.6 Å². The summed E-state index contributed by atoms with van der Waals surface area (Å²) in [6, 6.07) is 6.15. The molecule has 108 valence electrons. The number of alkyl halides is 1. The van der Waals surface area contributed by atoms with Crippen molar-refractivity contribution >= 4 is 11.6 Å². The minimum absolute atomic E-state index is 0.373. The van der Waals surface area contributed by atoms with Crippen LogP contribution in [0, 0.1) is 24.7 Å². The number of aryl methyl sites for hydroxylation is 1. The third-order valence-corrected chi connectivity index (χ3v) is 4.25. The summed E-state index contributed by atoms with van der Waals surface area (Å²) < 4.78 is 6.27. The topological polar surface area (TPSA) is 9.23 Å². The van der Waals surface area contributed by atoms with Gasteiger partial charge in [-0.25, -0.2) is 0 Å². The van der Waals surface area contributed by atoms with Gasteiger partial charge >= 0.3 is 0 Å². The molecular formula is C18H23ClO. The minimum atomic E-state index is 0.373. The second-order valence-electron chi connectivity index (χ2n) is 5.52. The molecule has 2 unspecified atom stereocenters. The molecule has 1 saturated carbocycles. The first-order valence-corrected chi connectivity index (χ1v) is 8.10. The van der Waals surface area contributed by atoms with Crippen LogP contribution in [-0.4, -0.2) is 12.0 Å². The van der Waals surface area contributed by atoms with Crippen molar-refractivity contribution < 1.29 is 4.74 Å². The number of rotatable bonds is 3. The van der Waals surface area contributed by atoms with E-state index in [1.807, 2.05) is 6.07 Å². The lowest BCUT2D eigenvalue weighted by Crippen LogP contribution is -2.30. The molecule has 0 spiro atoms. The Hall–Kier alpha value is -1.13. The summed E-state index contributed by atoms with van der Waals surface area (Å²) in [5.74, 6) is 8.02. The molecule has 20 heavy (non-hydrogen) atoms. The fourth-order valence-corrected chi connectivity index (χ4v) is 3.02. The lowest BCUT2D eigenvalue weighted by molar-refractivity contribution is 0.0897. The first kappa shape index (κ1) is 15.3. The Morgan fingerprint density at radius 2 is 2.10 bits per heavy atom. The van der Waals surface area contributed by atoms with E-state index in [0.29, 0.717) is 17.9 Å². The Morgan fingerprint density at radius 1 is 1.30 bits per heavy atom. The molecule has 1 aliphatic carbocycles. The molecule has 1 aliphatic rings. The average Bonchev–Trinajstić information content (AvgIpc) is 2.48. The highest BCUT2D eigenvalue weighted by atomic mass is 35.5. The first-order chi connectivity index (χ1) is 9.74. The summed E-state index contributed by atoms with van der Waals surface area (Å²) in [7, 11) is 0. The van der Waals surface area contributed by atoms with E-state index >= 15 is 0 Å². The van der Waals surface area contributed by atoms with Crippen molar-refractivity contribution in [2.75, 3.05) is 5.88 Å².